The summed E-state index contributed by atoms with van der Waals surface area (Å²) < 4.78 is 173. The highest BCUT2D eigenvalue weighted by atomic mass is 32.2. The number of rotatable bonds is 10. The minimum Gasteiger partial charge on any atom is -0.465 e. The molecule has 0 N–H and O–H groups in total. The van der Waals surface area contributed by atoms with Gasteiger partial charge in [0, 0.05) is 0 Å². The van der Waals surface area contributed by atoms with E-state index in [1.54, 1.807) is 18.2 Å². The predicted octanol–water partition coefficient (Wildman–Crippen LogP) is 6.77. The average molecular weight is 558 g/mol. The highest BCUT2D eigenvalue weighted by Gasteiger charge is 2.90. The van der Waals surface area contributed by atoms with Gasteiger partial charge in [0.05, 0.1) is 23.0 Å². The van der Waals surface area contributed by atoms with E-state index in [-0.39, 0.29) is 4.20 Å². The third kappa shape index (κ3) is 5.71. The van der Waals surface area contributed by atoms with Gasteiger partial charge in [-0.25, -0.2) is 0 Å². The maximum atomic E-state index is 13.6. The summed E-state index contributed by atoms with van der Waals surface area (Å²) in [6.07, 6.45) is -10.1. The van der Waals surface area contributed by atoms with Gasteiger partial charge in [-0.1, -0.05) is 42.5 Å². The quantitative estimate of drug-likeness (QED) is 0.180. The van der Waals surface area contributed by atoms with Gasteiger partial charge in [0.1, 0.15) is 0 Å². The van der Waals surface area contributed by atoms with Crippen LogP contribution in [0.3, 0.4) is 0 Å². The fourth-order valence-corrected chi connectivity index (χ4v) is 3.02. The molecule has 17 heteroatoms. The van der Waals surface area contributed by atoms with Crippen LogP contribution in [0.4, 0.5) is 57.1 Å². The highest BCUT2D eigenvalue weighted by Crippen LogP contribution is 2.60. The number of benzene rings is 1. The van der Waals surface area contributed by atoms with Gasteiger partial charge in [0.25, 0.3) is 0 Å². The van der Waals surface area contributed by atoms with E-state index in [2.05, 4.69) is 4.74 Å². The first-order valence-electron chi connectivity index (χ1n) is 8.47. The van der Waals surface area contributed by atoms with Gasteiger partial charge in [-0.2, -0.15) is 57.1 Å². The standard InChI is InChI=1S/C17H11F13O2S2/c18-12(19,6-7-32-10(31)8-34-11(33)9-4-2-1-3-5-9)13(20,21)14(22,23)15(24,25)16(26,27)17(28,29)30/h1-5H,6-8H2. The van der Waals surface area contributed by atoms with Gasteiger partial charge in [0.2, 0.25) is 0 Å². The Balaban J connectivity index is 2.84. The van der Waals surface area contributed by atoms with Crippen molar-refractivity contribution in [2.75, 3.05) is 12.4 Å². The van der Waals surface area contributed by atoms with Crippen LogP contribution in [0, 0.1) is 0 Å². The SMILES string of the molecule is O=C(CSC(=S)c1ccccc1)OCCC(F)(F)C(F)(F)C(F)(F)C(F)(F)C(F)(F)C(F)(F)F. The van der Waals surface area contributed by atoms with Gasteiger partial charge in [-0.05, 0) is 5.56 Å². The van der Waals surface area contributed by atoms with E-state index in [1.165, 1.54) is 12.1 Å². The second-order valence-corrected chi connectivity index (χ2v) is 8.06. The minimum absolute atomic E-state index is 0.113. The Morgan fingerprint density at radius 2 is 1.24 bits per heavy atom. The molecule has 0 bridgehead atoms. The number of thioether (sulfide) groups is 1. The normalized spacial score (nSPS) is 14.1. The maximum Gasteiger partial charge on any atom is 0.460 e. The Labute approximate surface area is 191 Å². The van der Waals surface area contributed by atoms with Crippen LogP contribution in [0.5, 0.6) is 0 Å². The molecule has 0 saturated heterocycles. The molecule has 34 heavy (non-hydrogen) atoms. The first kappa shape index (κ1) is 30.3. The molecule has 1 aromatic carbocycles. The van der Waals surface area contributed by atoms with Crippen LogP contribution in [-0.4, -0.2) is 58.3 Å². The van der Waals surface area contributed by atoms with Gasteiger partial charge in [0.15, 0.2) is 0 Å². The molecule has 194 valence electrons. The van der Waals surface area contributed by atoms with Crippen molar-refractivity contribution in [1.29, 1.82) is 0 Å². The lowest BCUT2D eigenvalue weighted by molar-refractivity contribution is -0.440. The third-order valence-corrected chi connectivity index (χ3v) is 5.48. The molecule has 0 saturated carbocycles. The molecule has 0 aliphatic carbocycles. The number of hydrogen-bond acceptors (Lipinski definition) is 4. The van der Waals surface area contributed by atoms with Crippen LogP contribution in [0.2, 0.25) is 0 Å². The molecule has 2 nitrogen and oxygen atoms in total. The molecule has 0 fully saturated rings. The molecule has 0 amide bonds. The molecule has 1 rings (SSSR count). The number of ether oxygens (including phenoxy) is 1. The summed E-state index contributed by atoms with van der Waals surface area (Å²) in [5.74, 6) is -39.4. The van der Waals surface area contributed by atoms with Crippen LogP contribution >= 0.6 is 24.0 Å². The van der Waals surface area contributed by atoms with E-state index in [9.17, 15) is 61.9 Å². The molecule has 0 radical (unpaired) electrons. The van der Waals surface area contributed by atoms with E-state index >= 15 is 0 Å². The Morgan fingerprint density at radius 1 is 0.765 bits per heavy atom. The topological polar surface area (TPSA) is 26.3 Å². The zero-order valence-corrected chi connectivity index (χ0v) is 17.7. The summed E-state index contributed by atoms with van der Waals surface area (Å²) in [6, 6.07) is 7.84. The lowest BCUT2D eigenvalue weighted by Crippen LogP contribution is -2.70. The van der Waals surface area contributed by atoms with E-state index in [1.807, 2.05) is 0 Å². The lowest BCUT2D eigenvalue weighted by Gasteiger charge is -2.39. The number of thiocarbonyl (C=S) groups is 1. The molecule has 0 aliphatic rings. The Hall–Kier alpha value is -1.78. The fourth-order valence-electron chi connectivity index (χ4n) is 2.08. The minimum atomic E-state index is -7.97. The number of halogens is 13. The molecule has 0 aliphatic heterocycles. The average Bonchev–Trinajstić information content (AvgIpc) is 2.71. The van der Waals surface area contributed by atoms with Crippen molar-refractivity contribution in [2.24, 2.45) is 0 Å². The molecular formula is C17H11F13O2S2. The van der Waals surface area contributed by atoms with Crippen LogP contribution in [0.1, 0.15) is 12.0 Å². The van der Waals surface area contributed by atoms with Gasteiger partial charge < -0.3 is 4.74 Å². The largest absolute Gasteiger partial charge is 0.465 e. The molecular weight excluding hydrogens is 547 g/mol. The summed E-state index contributed by atoms with van der Waals surface area (Å²) in [6.45, 7) is -1.79. The van der Waals surface area contributed by atoms with Crippen LogP contribution in [-0.2, 0) is 9.53 Å². The lowest BCUT2D eigenvalue weighted by atomic mass is 9.93. The summed E-state index contributed by atoms with van der Waals surface area (Å²) in [4.78, 5) is 11.5. The molecule has 0 unspecified atom stereocenters. The van der Waals surface area contributed by atoms with Crippen molar-refractivity contribution in [3.05, 3.63) is 35.9 Å². The van der Waals surface area contributed by atoms with Crippen LogP contribution in [0.25, 0.3) is 0 Å². The summed E-state index contributed by atoms with van der Waals surface area (Å²) >= 11 is 5.56. The smallest absolute Gasteiger partial charge is 0.460 e. The summed E-state index contributed by atoms with van der Waals surface area (Å²) in [7, 11) is 0. The van der Waals surface area contributed by atoms with Crippen molar-refractivity contribution < 1.29 is 66.6 Å². The fraction of sp³-hybridized carbons (Fsp3) is 0.529. The molecule has 0 heterocycles. The maximum absolute atomic E-state index is 13.6. The third-order valence-electron chi connectivity index (χ3n) is 4.01. The van der Waals surface area contributed by atoms with Crippen molar-refractivity contribution in [1.82, 2.24) is 0 Å². The van der Waals surface area contributed by atoms with E-state index in [4.69, 9.17) is 12.2 Å². The van der Waals surface area contributed by atoms with Gasteiger partial charge >= 0.3 is 41.8 Å². The number of hydrogen-bond donors (Lipinski definition) is 0. The monoisotopic (exact) mass is 558 g/mol. The number of alkyl halides is 13. The van der Waals surface area contributed by atoms with Gasteiger partial charge in [-0.15, -0.1) is 11.8 Å². The van der Waals surface area contributed by atoms with Crippen molar-refractivity contribution in [3.8, 4) is 0 Å². The summed E-state index contributed by atoms with van der Waals surface area (Å²) in [5.41, 5.74) is 0.459. The van der Waals surface area contributed by atoms with E-state index in [0.29, 0.717) is 17.3 Å². The molecule has 0 atom stereocenters. The van der Waals surface area contributed by atoms with Gasteiger partial charge in [-0.3, -0.25) is 4.79 Å². The highest BCUT2D eigenvalue weighted by molar-refractivity contribution is 8.24. The first-order chi connectivity index (χ1) is 15.1. The second kappa shape index (κ2) is 10.1. The van der Waals surface area contributed by atoms with Crippen molar-refractivity contribution in [2.45, 2.75) is 42.2 Å². The van der Waals surface area contributed by atoms with E-state index < -0.39 is 60.5 Å². The number of carbonyl (C=O) groups is 1. The molecule has 0 aromatic heterocycles. The number of esters is 1. The predicted molar refractivity (Wildman–Crippen MR) is 97.0 cm³/mol. The Bertz CT molecular complexity index is 870. The second-order valence-electron chi connectivity index (χ2n) is 6.41. The Morgan fingerprint density at radius 3 is 1.71 bits per heavy atom. The zero-order valence-electron chi connectivity index (χ0n) is 16.1. The Kier molecular flexibility index (Phi) is 8.96. The summed E-state index contributed by atoms with van der Waals surface area (Å²) in [5, 5.41) is 0. The number of carbonyl (C=O) groups excluding carboxylic acids is 1. The first-order valence-corrected chi connectivity index (χ1v) is 9.86. The van der Waals surface area contributed by atoms with Crippen LogP contribution in [0.15, 0.2) is 30.3 Å². The van der Waals surface area contributed by atoms with E-state index in [0.717, 1.165) is 0 Å². The zero-order chi connectivity index (χ0) is 26.8. The molecule has 1 aromatic rings. The molecule has 0 spiro atoms. The van der Waals surface area contributed by atoms with Crippen LogP contribution < -0.4 is 0 Å². The van der Waals surface area contributed by atoms with Crippen molar-refractivity contribution in [3.63, 3.8) is 0 Å². The van der Waals surface area contributed by atoms with Crippen molar-refractivity contribution >= 4 is 34.1 Å².